The lowest BCUT2D eigenvalue weighted by molar-refractivity contribution is -0.157. The van der Waals surface area contributed by atoms with E-state index >= 15 is 0 Å². The zero-order valence-electron chi connectivity index (χ0n) is 14.3. The molecule has 0 aromatic carbocycles. The first kappa shape index (κ1) is 18.2. The number of nitrogens with one attached hydrogen (secondary N) is 1. The van der Waals surface area contributed by atoms with Gasteiger partial charge in [0.05, 0.1) is 16.2 Å². The number of fused-ring (bicyclic) bond motifs is 1. The molecule has 9 heteroatoms. The molecule has 2 heterocycles. The summed E-state index contributed by atoms with van der Waals surface area (Å²) in [5, 5.41) is 0. The first-order valence-electron chi connectivity index (χ1n) is 7.26. The Bertz CT molecular complexity index is 845. The minimum absolute atomic E-state index is 0.156. The Morgan fingerprint density at radius 3 is 2.75 bits per heavy atom. The number of H-pyrrole nitrogens is 1. The van der Waals surface area contributed by atoms with Gasteiger partial charge in [-0.25, -0.2) is 14.5 Å². The van der Waals surface area contributed by atoms with Gasteiger partial charge in [0.1, 0.15) is 11.0 Å². The molecular formula is C15H20BrN5O3. The molecule has 0 saturated heterocycles. The number of carbonyl (C=O) groups is 1. The molecule has 0 aliphatic heterocycles. The van der Waals surface area contributed by atoms with Crippen molar-refractivity contribution in [2.45, 2.75) is 27.5 Å². The highest BCUT2D eigenvalue weighted by atomic mass is 79.9. The van der Waals surface area contributed by atoms with E-state index in [0.717, 1.165) is 0 Å². The van der Waals surface area contributed by atoms with Crippen molar-refractivity contribution in [1.82, 2.24) is 19.4 Å². The summed E-state index contributed by atoms with van der Waals surface area (Å²) >= 11 is 3.34. The van der Waals surface area contributed by atoms with Gasteiger partial charge in [0.15, 0.2) is 6.73 Å². The number of nitrogens with zero attached hydrogens (tertiary/aromatic N) is 4. The standard InChI is InChI=1S/C15H20BrN5O3/c1-15(2,3)13(23)24-8-21-12(22)11-10(9(16)6-17-11)19-14(21)18-7-20(4)5/h6-7,17H,8H2,1-5H3/b18-7+. The fraction of sp³-hybridized carbons (Fsp3) is 0.467. The number of hydrogen-bond donors (Lipinski definition) is 1. The van der Waals surface area contributed by atoms with E-state index in [1.54, 1.807) is 46.0 Å². The smallest absolute Gasteiger partial charge is 0.312 e. The highest BCUT2D eigenvalue weighted by molar-refractivity contribution is 9.10. The Labute approximate surface area is 147 Å². The minimum Gasteiger partial charge on any atom is -0.443 e. The number of hydrogen-bond acceptors (Lipinski definition) is 5. The molecule has 0 spiro atoms. The molecule has 2 aromatic rings. The zero-order chi connectivity index (χ0) is 18.1. The van der Waals surface area contributed by atoms with Crippen molar-refractivity contribution < 1.29 is 9.53 Å². The van der Waals surface area contributed by atoms with Gasteiger partial charge >= 0.3 is 5.97 Å². The number of aromatic amines is 1. The van der Waals surface area contributed by atoms with Gasteiger partial charge in [-0.1, -0.05) is 0 Å². The maximum Gasteiger partial charge on any atom is 0.312 e. The maximum atomic E-state index is 12.7. The number of halogens is 1. The average Bonchev–Trinajstić information content (AvgIpc) is 2.84. The molecule has 0 unspecified atom stereocenters. The maximum absolute atomic E-state index is 12.7. The van der Waals surface area contributed by atoms with E-state index in [0.29, 0.717) is 15.5 Å². The van der Waals surface area contributed by atoms with Crippen LogP contribution in [0.25, 0.3) is 11.0 Å². The van der Waals surface area contributed by atoms with Crippen LogP contribution < -0.4 is 5.56 Å². The lowest BCUT2D eigenvalue weighted by atomic mass is 9.98. The van der Waals surface area contributed by atoms with Crippen LogP contribution >= 0.6 is 15.9 Å². The summed E-state index contributed by atoms with van der Waals surface area (Å²) in [4.78, 5) is 37.8. The van der Waals surface area contributed by atoms with Gasteiger partial charge in [-0.15, -0.1) is 0 Å². The summed E-state index contributed by atoms with van der Waals surface area (Å²) in [5.41, 5.74) is -0.232. The Kier molecular flexibility index (Phi) is 5.12. The molecule has 0 fully saturated rings. The number of carbonyl (C=O) groups excluding carboxylic acids is 1. The summed E-state index contributed by atoms with van der Waals surface area (Å²) < 4.78 is 7.13. The molecule has 24 heavy (non-hydrogen) atoms. The van der Waals surface area contributed by atoms with Gasteiger partial charge in [0.2, 0.25) is 5.95 Å². The second kappa shape index (κ2) is 6.76. The van der Waals surface area contributed by atoms with Crippen LogP contribution in [0.15, 0.2) is 20.5 Å². The van der Waals surface area contributed by atoms with Crippen LogP contribution in [-0.2, 0) is 16.3 Å². The molecule has 130 valence electrons. The van der Waals surface area contributed by atoms with Gasteiger partial charge < -0.3 is 14.6 Å². The average molecular weight is 398 g/mol. The molecule has 1 N–H and O–H groups in total. The number of aromatic nitrogens is 3. The summed E-state index contributed by atoms with van der Waals surface area (Å²) in [5.74, 6) is -0.257. The van der Waals surface area contributed by atoms with E-state index < -0.39 is 11.4 Å². The second-order valence-corrected chi connectivity index (χ2v) is 7.38. The van der Waals surface area contributed by atoms with Crippen molar-refractivity contribution in [3.8, 4) is 0 Å². The number of rotatable bonds is 4. The van der Waals surface area contributed by atoms with Crippen LogP contribution in [0.2, 0.25) is 0 Å². The fourth-order valence-electron chi connectivity index (χ4n) is 1.77. The highest BCUT2D eigenvalue weighted by Crippen LogP contribution is 2.22. The first-order valence-corrected chi connectivity index (χ1v) is 8.06. The number of esters is 1. The minimum atomic E-state index is -0.663. The predicted molar refractivity (Wildman–Crippen MR) is 95.4 cm³/mol. The molecule has 2 aromatic heterocycles. The predicted octanol–water partition coefficient (Wildman–Crippen LogP) is 2.26. The van der Waals surface area contributed by atoms with Gasteiger partial charge in [-0.3, -0.25) is 9.59 Å². The molecule has 0 saturated carbocycles. The molecule has 0 aliphatic carbocycles. The van der Waals surface area contributed by atoms with Gasteiger partial charge in [0, 0.05) is 20.3 Å². The molecule has 0 amide bonds. The van der Waals surface area contributed by atoms with Crippen LogP contribution in [0.4, 0.5) is 5.95 Å². The SMILES string of the molecule is CN(C)/C=N/c1nc2c(Br)c[nH]c2c(=O)n1COC(=O)C(C)(C)C. The quantitative estimate of drug-likeness (QED) is 0.485. The van der Waals surface area contributed by atoms with Crippen LogP contribution in [-0.4, -0.2) is 45.8 Å². The van der Waals surface area contributed by atoms with Crippen LogP contribution in [0.3, 0.4) is 0 Å². The van der Waals surface area contributed by atoms with Gasteiger partial charge in [-0.2, -0.15) is 0 Å². The topological polar surface area (TPSA) is 92.6 Å². The summed E-state index contributed by atoms with van der Waals surface area (Å²) in [6, 6.07) is 0. The van der Waals surface area contributed by atoms with Crippen molar-refractivity contribution in [2.24, 2.45) is 10.4 Å². The normalized spacial score (nSPS) is 12.1. The van der Waals surface area contributed by atoms with E-state index in [-0.39, 0.29) is 18.2 Å². The molecule has 0 radical (unpaired) electrons. The van der Waals surface area contributed by atoms with Crippen molar-refractivity contribution >= 4 is 45.2 Å². The first-order chi connectivity index (χ1) is 11.1. The van der Waals surface area contributed by atoms with Gasteiger partial charge in [-0.05, 0) is 36.7 Å². The third kappa shape index (κ3) is 3.84. The Morgan fingerprint density at radius 1 is 1.50 bits per heavy atom. The molecular weight excluding hydrogens is 378 g/mol. The largest absolute Gasteiger partial charge is 0.443 e. The molecule has 0 bridgehead atoms. The van der Waals surface area contributed by atoms with Crippen LogP contribution in [0.5, 0.6) is 0 Å². The van der Waals surface area contributed by atoms with Crippen molar-refractivity contribution in [3.05, 3.63) is 21.0 Å². The monoisotopic (exact) mass is 397 g/mol. The third-order valence-corrected chi connectivity index (χ3v) is 3.66. The Balaban J connectivity index is 2.49. The van der Waals surface area contributed by atoms with Crippen LogP contribution in [0, 0.1) is 5.41 Å². The van der Waals surface area contributed by atoms with Crippen molar-refractivity contribution in [2.75, 3.05) is 14.1 Å². The molecule has 0 atom stereocenters. The number of aliphatic imine (C=N–C) groups is 1. The van der Waals surface area contributed by atoms with Crippen molar-refractivity contribution in [1.29, 1.82) is 0 Å². The second-order valence-electron chi connectivity index (χ2n) is 6.52. The molecule has 2 rings (SSSR count). The van der Waals surface area contributed by atoms with E-state index in [1.165, 1.54) is 10.9 Å². The third-order valence-electron chi connectivity index (χ3n) is 3.06. The van der Waals surface area contributed by atoms with Crippen LogP contribution in [0.1, 0.15) is 20.8 Å². The molecule has 8 nitrogen and oxygen atoms in total. The van der Waals surface area contributed by atoms with Crippen molar-refractivity contribution in [3.63, 3.8) is 0 Å². The van der Waals surface area contributed by atoms with E-state index in [4.69, 9.17) is 4.74 Å². The van der Waals surface area contributed by atoms with E-state index in [9.17, 15) is 9.59 Å². The lowest BCUT2D eigenvalue weighted by Gasteiger charge is -2.17. The number of ether oxygens (including phenoxy) is 1. The fourth-order valence-corrected chi connectivity index (χ4v) is 2.17. The highest BCUT2D eigenvalue weighted by Gasteiger charge is 2.24. The Morgan fingerprint density at radius 2 is 2.17 bits per heavy atom. The summed E-state index contributed by atoms with van der Waals surface area (Å²) in [6.45, 7) is 4.97. The lowest BCUT2D eigenvalue weighted by Crippen LogP contribution is -2.28. The van der Waals surface area contributed by atoms with Gasteiger partial charge in [0.25, 0.3) is 5.56 Å². The van der Waals surface area contributed by atoms with E-state index in [2.05, 4.69) is 30.9 Å². The van der Waals surface area contributed by atoms with E-state index in [1.807, 2.05) is 0 Å². The zero-order valence-corrected chi connectivity index (χ0v) is 15.8. The Hall–Kier alpha value is -2.16. The summed E-state index contributed by atoms with van der Waals surface area (Å²) in [6.07, 6.45) is 3.15. The summed E-state index contributed by atoms with van der Waals surface area (Å²) in [7, 11) is 3.60. The molecule has 0 aliphatic rings.